The number of hydrogen-bond donors (Lipinski definition) is 2. The first-order valence-electron chi connectivity index (χ1n) is 5.08. The van der Waals surface area contributed by atoms with Gasteiger partial charge in [0, 0.05) is 12.5 Å². The van der Waals surface area contributed by atoms with Crippen LogP contribution in [0.3, 0.4) is 0 Å². The Hall–Kier alpha value is -1.49. The van der Waals surface area contributed by atoms with Crippen molar-refractivity contribution in [2.75, 3.05) is 0 Å². The average Bonchev–Trinajstić information content (AvgIpc) is 2.57. The lowest BCUT2D eigenvalue weighted by Crippen LogP contribution is -2.02. The third-order valence-electron chi connectivity index (χ3n) is 2.35. The molecule has 2 N–H and O–H groups in total. The standard InChI is InChI=1S/C11H12F2N2O/c1-6(16)2-3-10-14-9-5-7(12)4-8(13)11(9)15-10/h4-6,16H,2-3H2,1H3,(H,14,15). The summed E-state index contributed by atoms with van der Waals surface area (Å²) in [5.41, 5.74) is 0.486. The van der Waals surface area contributed by atoms with Crippen molar-refractivity contribution in [1.29, 1.82) is 0 Å². The van der Waals surface area contributed by atoms with Gasteiger partial charge in [-0.25, -0.2) is 13.8 Å². The number of aromatic amines is 1. The first kappa shape index (κ1) is 11.0. The second kappa shape index (κ2) is 4.17. The summed E-state index contributed by atoms with van der Waals surface area (Å²) in [6, 6.07) is 2.01. The summed E-state index contributed by atoms with van der Waals surface area (Å²) >= 11 is 0. The highest BCUT2D eigenvalue weighted by Gasteiger charge is 2.10. The Labute approximate surface area is 91.1 Å². The summed E-state index contributed by atoms with van der Waals surface area (Å²) in [6.07, 6.45) is 0.604. The van der Waals surface area contributed by atoms with Crippen molar-refractivity contribution in [3.63, 3.8) is 0 Å². The topological polar surface area (TPSA) is 48.9 Å². The van der Waals surface area contributed by atoms with E-state index in [1.165, 1.54) is 6.07 Å². The van der Waals surface area contributed by atoms with E-state index in [9.17, 15) is 8.78 Å². The second-order valence-corrected chi connectivity index (χ2v) is 3.85. The summed E-state index contributed by atoms with van der Waals surface area (Å²) in [5.74, 6) is -0.745. The van der Waals surface area contributed by atoms with Crippen LogP contribution in [0.15, 0.2) is 12.1 Å². The lowest BCUT2D eigenvalue weighted by Gasteiger charge is -1.99. The van der Waals surface area contributed by atoms with Crippen LogP contribution in [0.25, 0.3) is 11.0 Å². The Bertz CT molecular complexity index is 508. The molecule has 1 aromatic heterocycles. The highest BCUT2D eigenvalue weighted by Crippen LogP contribution is 2.18. The molecule has 0 aliphatic heterocycles. The quantitative estimate of drug-likeness (QED) is 0.842. The molecule has 0 amide bonds. The number of aliphatic hydroxyl groups is 1. The fourth-order valence-electron chi connectivity index (χ4n) is 1.56. The number of benzene rings is 1. The van der Waals surface area contributed by atoms with E-state index in [1.807, 2.05) is 0 Å². The van der Waals surface area contributed by atoms with E-state index in [0.29, 0.717) is 24.2 Å². The molecule has 5 heteroatoms. The SMILES string of the molecule is CC(O)CCc1nc2c(F)cc(F)cc2[nH]1. The van der Waals surface area contributed by atoms with Gasteiger partial charge in [-0.1, -0.05) is 0 Å². The zero-order valence-electron chi connectivity index (χ0n) is 8.80. The van der Waals surface area contributed by atoms with Crippen LogP contribution in [0.5, 0.6) is 0 Å². The summed E-state index contributed by atoms with van der Waals surface area (Å²) in [5, 5.41) is 9.11. The number of aryl methyl sites for hydroxylation is 1. The molecule has 16 heavy (non-hydrogen) atoms. The van der Waals surface area contributed by atoms with Crippen LogP contribution in [-0.2, 0) is 6.42 Å². The lowest BCUT2D eigenvalue weighted by molar-refractivity contribution is 0.184. The van der Waals surface area contributed by atoms with Crippen molar-refractivity contribution in [2.45, 2.75) is 25.9 Å². The predicted molar refractivity (Wildman–Crippen MR) is 56.0 cm³/mol. The molecule has 1 unspecified atom stereocenters. The van der Waals surface area contributed by atoms with E-state index in [1.54, 1.807) is 6.92 Å². The van der Waals surface area contributed by atoms with Gasteiger partial charge in [0.15, 0.2) is 5.82 Å². The van der Waals surface area contributed by atoms with Gasteiger partial charge < -0.3 is 10.1 Å². The van der Waals surface area contributed by atoms with E-state index >= 15 is 0 Å². The fraction of sp³-hybridized carbons (Fsp3) is 0.364. The minimum Gasteiger partial charge on any atom is -0.393 e. The van der Waals surface area contributed by atoms with Crippen molar-refractivity contribution < 1.29 is 13.9 Å². The molecule has 2 aromatic rings. The monoisotopic (exact) mass is 226 g/mol. The molecule has 0 radical (unpaired) electrons. The Morgan fingerprint density at radius 3 is 2.88 bits per heavy atom. The van der Waals surface area contributed by atoms with Crippen LogP contribution >= 0.6 is 0 Å². The number of imidazole rings is 1. The first-order chi connectivity index (χ1) is 7.56. The Morgan fingerprint density at radius 2 is 2.19 bits per heavy atom. The summed E-state index contributed by atoms with van der Waals surface area (Å²) in [7, 11) is 0. The minimum atomic E-state index is -0.672. The molecule has 0 saturated carbocycles. The lowest BCUT2D eigenvalue weighted by atomic mass is 10.2. The third-order valence-corrected chi connectivity index (χ3v) is 2.35. The second-order valence-electron chi connectivity index (χ2n) is 3.85. The van der Waals surface area contributed by atoms with Gasteiger partial charge in [-0.05, 0) is 19.4 Å². The summed E-state index contributed by atoms with van der Waals surface area (Å²) < 4.78 is 26.2. The van der Waals surface area contributed by atoms with Crippen molar-refractivity contribution in [2.24, 2.45) is 0 Å². The van der Waals surface area contributed by atoms with Gasteiger partial charge in [0.05, 0.1) is 11.6 Å². The van der Waals surface area contributed by atoms with Gasteiger partial charge in [-0.3, -0.25) is 0 Å². The normalized spacial score (nSPS) is 13.2. The first-order valence-corrected chi connectivity index (χ1v) is 5.08. The van der Waals surface area contributed by atoms with Gasteiger partial charge in [0.2, 0.25) is 0 Å². The van der Waals surface area contributed by atoms with Crippen molar-refractivity contribution in [1.82, 2.24) is 9.97 Å². The van der Waals surface area contributed by atoms with Crippen LogP contribution in [0.2, 0.25) is 0 Å². The molecule has 3 nitrogen and oxygen atoms in total. The average molecular weight is 226 g/mol. The molecule has 0 spiro atoms. The number of nitrogens with zero attached hydrogens (tertiary/aromatic N) is 1. The molecular weight excluding hydrogens is 214 g/mol. The van der Waals surface area contributed by atoms with Gasteiger partial charge in [-0.15, -0.1) is 0 Å². The smallest absolute Gasteiger partial charge is 0.153 e. The van der Waals surface area contributed by atoms with Crippen LogP contribution in [0.4, 0.5) is 8.78 Å². The molecule has 0 saturated heterocycles. The van der Waals surface area contributed by atoms with Crippen molar-refractivity contribution in [3.05, 3.63) is 29.6 Å². The highest BCUT2D eigenvalue weighted by molar-refractivity contribution is 5.75. The maximum absolute atomic E-state index is 13.3. The van der Waals surface area contributed by atoms with Gasteiger partial charge in [0.25, 0.3) is 0 Å². The van der Waals surface area contributed by atoms with Crippen molar-refractivity contribution >= 4 is 11.0 Å². The largest absolute Gasteiger partial charge is 0.393 e. The molecule has 86 valence electrons. The molecule has 0 fully saturated rings. The number of H-pyrrole nitrogens is 1. The number of halogens is 2. The molecule has 1 atom stereocenters. The van der Waals surface area contributed by atoms with E-state index in [4.69, 9.17) is 5.11 Å². The van der Waals surface area contributed by atoms with E-state index in [0.717, 1.165) is 6.07 Å². The Morgan fingerprint density at radius 1 is 1.44 bits per heavy atom. The molecule has 0 bridgehead atoms. The number of rotatable bonds is 3. The van der Waals surface area contributed by atoms with Gasteiger partial charge in [-0.2, -0.15) is 0 Å². The van der Waals surface area contributed by atoms with Crippen LogP contribution in [0.1, 0.15) is 19.2 Å². The Kier molecular flexibility index (Phi) is 2.87. The van der Waals surface area contributed by atoms with E-state index in [-0.39, 0.29) is 5.52 Å². The van der Waals surface area contributed by atoms with Gasteiger partial charge in [0.1, 0.15) is 17.2 Å². The maximum atomic E-state index is 13.3. The zero-order valence-corrected chi connectivity index (χ0v) is 8.80. The van der Waals surface area contributed by atoms with E-state index < -0.39 is 17.7 Å². The molecule has 1 aromatic carbocycles. The number of nitrogens with one attached hydrogen (secondary N) is 1. The van der Waals surface area contributed by atoms with E-state index in [2.05, 4.69) is 9.97 Å². The molecule has 0 aliphatic carbocycles. The molecule has 2 rings (SSSR count). The highest BCUT2D eigenvalue weighted by atomic mass is 19.1. The minimum absolute atomic E-state index is 0.141. The molecular formula is C11H12F2N2O. The fourth-order valence-corrected chi connectivity index (χ4v) is 1.56. The number of aromatic nitrogens is 2. The van der Waals surface area contributed by atoms with Crippen LogP contribution < -0.4 is 0 Å². The third kappa shape index (κ3) is 2.19. The number of fused-ring (bicyclic) bond motifs is 1. The molecule has 1 heterocycles. The Balaban J connectivity index is 2.33. The van der Waals surface area contributed by atoms with Crippen LogP contribution in [-0.4, -0.2) is 21.2 Å². The zero-order chi connectivity index (χ0) is 11.7. The number of hydrogen-bond acceptors (Lipinski definition) is 2. The van der Waals surface area contributed by atoms with Gasteiger partial charge >= 0.3 is 0 Å². The number of aliphatic hydroxyl groups excluding tert-OH is 1. The predicted octanol–water partition coefficient (Wildman–Crippen LogP) is 2.15. The summed E-state index contributed by atoms with van der Waals surface area (Å²) in [6.45, 7) is 1.67. The van der Waals surface area contributed by atoms with Crippen molar-refractivity contribution in [3.8, 4) is 0 Å². The maximum Gasteiger partial charge on any atom is 0.153 e. The summed E-state index contributed by atoms with van der Waals surface area (Å²) in [4.78, 5) is 6.85. The molecule has 0 aliphatic rings. The van der Waals surface area contributed by atoms with Crippen LogP contribution in [0, 0.1) is 11.6 Å².